The van der Waals surface area contributed by atoms with E-state index in [0.29, 0.717) is 30.8 Å². The van der Waals surface area contributed by atoms with Gasteiger partial charge in [-0.3, -0.25) is 4.79 Å². The van der Waals surface area contributed by atoms with Gasteiger partial charge in [0.2, 0.25) is 0 Å². The largest absolute Gasteiger partial charge is 0.375 e. The molecule has 0 saturated carbocycles. The van der Waals surface area contributed by atoms with E-state index in [1.54, 1.807) is 30.3 Å². The second-order valence-corrected chi connectivity index (χ2v) is 6.40. The Bertz CT molecular complexity index is 766. The molecule has 0 aliphatic carbocycles. The molecule has 1 unspecified atom stereocenters. The molecule has 1 aliphatic heterocycles. The van der Waals surface area contributed by atoms with Crippen LogP contribution in [-0.2, 0) is 11.2 Å². The summed E-state index contributed by atoms with van der Waals surface area (Å²) in [6.45, 7) is 5.15. The number of aryl methyl sites for hydroxylation is 3. The quantitative estimate of drug-likeness (QED) is 0.856. The van der Waals surface area contributed by atoms with Crippen molar-refractivity contribution in [3.8, 4) is 0 Å². The lowest BCUT2D eigenvalue weighted by Gasteiger charge is -2.33. The van der Waals surface area contributed by atoms with Crippen LogP contribution in [-0.4, -0.2) is 46.6 Å². The summed E-state index contributed by atoms with van der Waals surface area (Å²) < 4.78 is 19.5. The number of hydrogen-bond acceptors (Lipinski definition) is 4. The molecule has 25 heavy (non-hydrogen) atoms. The first kappa shape index (κ1) is 17.5. The predicted molar refractivity (Wildman–Crippen MR) is 91.9 cm³/mol. The molecule has 1 aliphatic rings. The van der Waals surface area contributed by atoms with Crippen molar-refractivity contribution in [2.75, 3.05) is 19.7 Å². The number of aromatic nitrogens is 2. The number of hydrogen-bond donors (Lipinski definition) is 0. The van der Waals surface area contributed by atoms with E-state index in [9.17, 15) is 9.18 Å². The van der Waals surface area contributed by atoms with E-state index < -0.39 is 0 Å². The van der Waals surface area contributed by atoms with E-state index in [0.717, 1.165) is 24.2 Å². The maximum atomic E-state index is 13.7. The predicted octanol–water partition coefficient (Wildman–Crippen LogP) is 2.71. The molecule has 6 heteroatoms. The average Bonchev–Trinajstić information content (AvgIpc) is 2.62. The molecular weight excluding hydrogens is 321 g/mol. The Morgan fingerprint density at radius 3 is 2.92 bits per heavy atom. The molecule has 3 rings (SSSR count). The normalized spacial score (nSPS) is 17.6. The van der Waals surface area contributed by atoms with Crippen LogP contribution in [0, 0.1) is 19.7 Å². The van der Waals surface area contributed by atoms with Gasteiger partial charge in [0.1, 0.15) is 12.1 Å². The molecule has 2 aromatic rings. The highest BCUT2D eigenvalue weighted by Gasteiger charge is 2.25. The number of ether oxygens (including phenoxy) is 1. The fraction of sp³-hybridized carbons (Fsp3) is 0.421. The van der Waals surface area contributed by atoms with E-state index in [-0.39, 0.29) is 17.8 Å². The van der Waals surface area contributed by atoms with Gasteiger partial charge in [0, 0.05) is 30.0 Å². The Balaban J connectivity index is 1.60. The molecule has 1 fully saturated rings. The number of nitrogens with zero attached hydrogens (tertiary/aromatic N) is 3. The number of morpholine rings is 1. The van der Waals surface area contributed by atoms with E-state index >= 15 is 0 Å². The van der Waals surface area contributed by atoms with Crippen LogP contribution in [0.3, 0.4) is 0 Å². The fourth-order valence-electron chi connectivity index (χ4n) is 2.94. The lowest BCUT2D eigenvalue weighted by Crippen LogP contribution is -2.45. The third kappa shape index (κ3) is 4.39. The maximum Gasteiger partial charge on any atom is 0.254 e. The van der Waals surface area contributed by atoms with Gasteiger partial charge in [0.05, 0.1) is 12.7 Å². The Morgan fingerprint density at radius 2 is 2.16 bits per heavy atom. The average molecular weight is 343 g/mol. The summed E-state index contributed by atoms with van der Waals surface area (Å²) in [5.41, 5.74) is 2.83. The highest BCUT2D eigenvalue weighted by Crippen LogP contribution is 2.16. The van der Waals surface area contributed by atoms with E-state index in [2.05, 4.69) is 9.97 Å². The molecule has 1 saturated heterocycles. The molecular formula is C19H22FN3O2. The third-order valence-corrected chi connectivity index (χ3v) is 4.43. The highest BCUT2D eigenvalue weighted by molar-refractivity contribution is 5.94. The van der Waals surface area contributed by atoms with Crippen LogP contribution in [0.25, 0.3) is 0 Å². The fourth-order valence-corrected chi connectivity index (χ4v) is 2.94. The van der Waals surface area contributed by atoms with E-state index in [1.165, 1.54) is 6.07 Å². The van der Waals surface area contributed by atoms with Crippen LogP contribution in [0.5, 0.6) is 0 Å². The van der Waals surface area contributed by atoms with Crippen molar-refractivity contribution < 1.29 is 13.9 Å². The highest BCUT2D eigenvalue weighted by atomic mass is 19.1. The number of rotatable bonds is 4. The van der Waals surface area contributed by atoms with Gasteiger partial charge in [0.15, 0.2) is 0 Å². The molecule has 1 aromatic carbocycles. The number of benzene rings is 1. The molecule has 1 atom stereocenters. The molecule has 132 valence electrons. The summed E-state index contributed by atoms with van der Waals surface area (Å²) in [5.74, 6) is -0.500. The van der Waals surface area contributed by atoms with Crippen molar-refractivity contribution in [3.63, 3.8) is 0 Å². The zero-order chi connectivity index (χ0) is 17.8. The first-order chi connectivity index (χ1) is 12.0. The molecule has 0 spiro atoms. The van der Waals surface area contributed by atoms with Crippen molar-refractivity contribution >= 4 is 5.91 Å². The molecule has 0 N–H and O–H groups in total. The molecule has 5 nitrogen and oxygen atoms in total. The summed E-state index contributed by atoms with van der Waals surface area (Å²) in [6.07, 6.45) is 3.08. The number of carbonyl (C=O) groups is 1. The Kier molecular flexibility index (Phi) is 5.38. The molecule has 2 heterocycles. The van der Waals surface area contributed by atoms with Crippen molar-refractivity contribution in [1.82, 2.24) is 14.9 Å². The van der Waals surface area contributed by atoms with Gasteiger partial charge >= 0.3 is 0 Å². The second-order valence-electron chi connectivity index (χ2n) is 6.40. The third-order valence-electron chi connectivity index (χ3n) is 4.43. The smallest absolute Gasteiger partial charge is 0.254 e. The summed E-state index contributed by atoms with van der Waals surface area (Å²) in [6, 6.07) is 6.58. The van der Waals surface area contributed by atoms with Crippen LogP contribution in [0.15, 0.2) is 30.6 Å². The lowest BCUT2D eigenvalue weighted by molar-refractivity contribution is -0.0247. The minimum absolute atomic E-state index is 0.0386. The van der Waals surface area contributed by atoms with Crippen molar-refractivity contribution in [2.45, 2.75) is 32.8 Å². The van der Waals surface area contributed by atoms with Gasteiger partial charge in [-0.15, -0.1) is 0 Å². The van der Waals surface area contributed by atoms with Crippen molar-refractivity contribution in [3.05, 3.63) is 58.9 Å². The first-order valence-electron chi connectivity index (χ1n) is 8.47. The minimum atomic E-state index is -0.352. The maximum absolute atomic E-state index is 13.7. The first-order valence-corrected chi connectivity index (χ1v) is 8.47. The second kappa shape index (κ2) is 7.70. The topological polar surface area (TPSA) is 55.3 Å². The lowest BCUT2D eigenvalue weighted by atomic mass is 10.1. The Morgan fingerprint density at radius 1 is 1.32 bits per heavy atom. The SMILES string of the molecule is Cc1cc(CCC2CN(C(=O)c3ccc(C)c(F)c3)CCO2)ncn1. The van der Waals surface area contributed by atoms with Crippen LogP contribution in [0.4, 0.5) is 4.39 Å². The monoisotopic (exact) mass is 343 g/mol. The zero-order valence-electron chi connectivity index (χ0n) is 14.5. The van der Waals surface area contributed by atoms with Crippen LogP contribution >= 0.6 is 0 Å². The molecule has 1 aromatic heterocycles. The minimum Gasteiger partial charge on any atom is -0.375 e. The standard InChI is InChI=1S/C19H22FN3O2/c1-13-3-4-15(10-18(13)20)19(24)23-7-8-25-17(11-23)6-5-16-9-14(2)21-12-22-16/h3-4,9-10,12,17H,5-8,11H2,1-2H3. The Labute approximate surface area is 146 Å². The molecule has 1 amide bonds. The number of halogens is 1. The molecule has 0 radical (unpaired) electrons. The van der Waals surface area contributed by atoms with E-state index in [1.807, 2.05) is 13.0 Å². The summed E-state index contributed by atoms with van der Waals surface area (Å²) in [5, 5.41) is 0. The summed E-state index contributed by atoms with van der Waals surface area (Å²) in [4.78, 5) is 22.7. The van der Waals surface area contributed by atoms with Gasteiger partial charge in [-0.05, 0) is 50.5 Å². The van der Waals surface area contributed by atoms with Crippen LogP contribution in [0.1, 0.15) is 33.7 Å². The summed E-state index contributed by atoms with van der Waals surface area (Å²) >= 11 is 0. The van der Waals surface area contributed by atoms with Crippen molar-refractivity contribution in [1.29, 1.82) is 0 Å². The van der Waals surface area contributed by atoms with E-state index in [4.69, 9.17) is 4.74 Å². The number of carbonyl (C=O) groups excluding carboxylic acids is 1. The van der Waals surface area contributed by atoms with Crippen molar-refractivity contribution in [2.24, 2.45) is 0 Å². The van der Waals surface area contributed by atoms with Crippen LogP contribution in [0.2, 0.25) is 0 Å². The van der Waals surface area contributed by atoms with Gasteiger partial charge in [-0.2, -0.15) is 0 Å². The Hall–Kier alpha value is -2.34. The van der Waals surface area contributed by atoms with Gasteiger partial charge < -0.3 is 9.64 Å². The molecule has 0 bridgehead atoms. The summed E-state index contributed by atoms with van der Waals surface area (Å²) in [7, 11) is 0. The van der Waals surface area contributed by atoms with Gasteiger partial charge in [0.25, 0.3) is 5.91 Å². The zero-order valence-corrected chi connectivity index (χ0v) is 14.5. The number of amides is 1. The van der Waals surface area contributed by atoms with Gasteiger partial charge in [-0.1, -0.05) is 6.07 Å². The van der Waals surface area contributed by atoms with Gasteiger partial charge in [-0.25, -0.2) is 14.4 Å². The van der Waals surface area contributed by atoms with Crippen LogP contribution < -0.4 is 0 Å².